The lowest BCUT2D eigenvalue weighted by Crippen LogP contribution is -2.65. The van der Waals surface area contributed by atoms with E-state index < -0.39 is 5.41 Å². The third kappa shape index (κ3) is 5.40. The molecule has 0 radical (unpaired) electrons. The molecule has 254 valence electrons. The van der Waals surface area contributed by atoms with E-state index in [4.69, 9.17) is 4.74 Å². The van der Waals surface area contributed by atoms with Crippen LogP contribution >= 0.6 is 0 Å². The zero-order chi connectivity index (χ0) is 33.6. The number of nitrogens with zero attached hydrogens (tertiary/aromatic N) is 1. The van der Waals surface area contributed by atoms with E-state index in [1.807, 2.05) is 27.8 Å². The summed E-state index contributed by atoms with van der Waals surface area (Å²) < 4.78 is 5.93. The molecule has 2 amide bonds. The lowest BCUT2D eigenvalue weighted by molar-refractivity contribution is -0.212. The van der Waals surface area contributed by atoms with Gasteiger partial charge in [-0.05, 0) is 124 Å². The van der Waals surface area contributed by atoms with Crippen LogP contribution in [0.25, 0.3) is 0 Å². The van der Waals surface area contributed by atoms with E-state index in [1.165, 1.54) is 6.42 Å². The number of allylic oxidation sites excluding steroid dienone is 2. The summed E-state index contributed by atoms with van der Waals surface area (Å²) in [6.45, 7) is 24.8. The highest BCUT2D eigenvalue weighted by Crippen LogP contribution is 2.76. The predicted molar refractivity (Wildman–Crippen MR) is 180 cm³/mol. The molecule has 0 aromatic carbocycles. The Morgan fingerprint density at radius 3 is 2.18 bits per heavy atom. The smallest absolute Gasteiger partial charge is 0.302 e. The minimum absolute atomic E-state index is 0.0176. The number of carbonyl (C=O) groups excluding carboxylic acids is 3. The molecule has 0 aromatic heterocycles. The Balaban J connectivity index is 1.50. The number of rotatable bonds is 4. The maximum Gasteiger partial charge on any atom is 0.302 e. The van der Waals surface area contributed by atoms with Gasteiger partial charge in [0.15, 0.2) is 0 Å². The van der Waals surface area contributed by atoms with E-state index in [9.17, 15) is 14.4 Å². The molecule has 0 spiro atoms. The SMILES string of the molecule is CC(=O)O[C@H]1CC[C@]2(C)[C@H]3CC=C4[C@@H]5CC(C)(C)CC[C@]5(C(=O)N(C)CC(=O)NC(C)(C)C)CC[C@@]4(C)[C@]3(C)CC[C@H]2C1(C)C. The number of ether oxygens (including phenoxy) is 1. The number of carbonyl (C=O) groups is 3. The minimum atomic E-state index is -0.438. The lowest BCUT2D eigenvalue weighted by Gasteiger charge is -2.71. The molecule has 5 rings (SSSR count). The fourth-order valence-corrected chi connectivity index (χ4v) is 12.1. The molecular weight excluding hydrogens is 560 g/mol. The number of hydrogen-bond donors (Lipinski definition) is 1. The van der Waals surface area contributed by atoms with Crippen molar-refractivity contribution < 1.29 is 19.1 Å². The Morgan fingerprint density at radius 2 is 1.56 bits per heavy atom. The number of amides is 2. The van der Waals surface area contributed by atoms with E-state index in [-0.39, 0.29) is 69.0 Å². The molecule has 0 aromatic rings. The van der Waals surface area contributed by atoms with Crippen LogP contribution in [0.5, 0.6) is 0 Å². The Hall–Kier alpha value is -1.85. The monoisotopic (exact) mass is 624 g/mol. The van der Waals surface area contributed by atoms with Crippen molar-refractivity contribution in [2.75, 3.05) is 13.6 Å². The maximum absolute atomic E-state index is 14.6. The second-order valence-electron chi connectivity index (χ2n) is 19.3. The van der Waals surface area contributed by atoms with Crippen LogP contribution in [0.4, 0.5) is 0 Å². The second kappa shape index (κ2) is 10.8. The Bertz CT molecular complexity index is 1260. The molecule has 6 nitrogen and oxygen atoms in total. The van der Waals surface area contributed by atoms with Crippen molar-refractivity contribution in [2.24, 2.45) is 50.2 Å². The van der Waals surface area contributed by atoms with Gasteiger partial charge in [-0.2, -0.15) is 0 Å². The topological polar surface area (TPSA) is 75.7 Å². The fraction of sp³-hybridized carbons (Fsp3) is 0.872. The minimum Gasteiger partial charge on any atom is -0.462 e. The molecule has 5 aliphatic rings. The summed E-state index contributed by atoms with van der Waals surface area (Å²) in [7, 11) is 1.84. The average molecular weight is 625 g/mol. The highest BCUT2D eigenvalue weighted by molar-refractivity contribution is 5.89. The van der Waals surface area contributed by atoms with Crippen LogP contribution in [0.3, 0.4) is 0 Å². The summed E-state index contributed by atoms with van der Waals surface area (Å²) in [4.78, 5) is 41.3. The summed E-state index contributed by atoms with van der Waals surface area (Å²) in [5.41, 5.74) is 1.25. The van der Waals surface area contributed by atoms with E-state index >= 15 is 0 Å². The van der Waals surface area contributed by atoms with Crippen molar-refractivity contribution in [1.82, 2.24) is 10.2 Å². The zero-order valence-corrected chi connectivity index (χ0v) is 30.7. The molecule has 6 heteroatoms. The van der Waals surface area contributed by atoms with Gasteiger partial charge in [-0.15, -0.1) is 0 Å². The average Bonchev–Trinajstić information content (AvgIpc) is 2.88. The first-order valence-corrected chi connectivity index (χ1v) is 18.0. The highest BCUT2D eigenvalue weighted by Gasteiger charge is 2.69. The molecule has 0 heterocycles. The molecule has 4 saturated carbocycles. The standard InChI is InChI=1S/C39H64N2O4/c1-25(42)45-30-16-17-36(9)28(35(30,7)8)15-18-38(11)29(36)14-13-26-27-23-34(5,6)19-21-39(27,22-20-37(26,38)10)32(44)41(12)24-31(43)40-33(2,3)4/h13,27-30H,14-24H2,1-12H3,(H,40,43)/t27-,28-,29+,30-,36-,37+,38+,39-/m0/s1. The first-order chi connectivity index (χ1) is 20.5. The van der Waals surface area contributed by atoms with Gasteiger partial charge in [0, 0.05) is 24.9 Å². The molecule has 5 aliphatic carbocycles. The van der Waals surface area contributed by atoms with Crippen molar-refractivity contribution >= 4 is 17.8 Å². The van der Waals surface area contributed by atoms with Gasteiger partial charge in [-0.3, -0.25) is 14.4 Å². The quantitative estimate of drug-likeness (QED) is 0.253. The van der Waals surface area contributed by atoms with E-state index in [1.54, 1.807) is 17.4 Å². The van der Waals surface area contributed by atoms with Gasteiger partial charge in [0.05, 0.1) is 12.0 Å². The Kier molecular flexibility index (Phi) is 8.31. The van der Waals surface area contributed by atoms with Crippen molar-refractivity contribution in [3.05, 3.63) is 11.6 Å². The number of fused-ring (bicyclic) bond motifs is 7. The fourth-order valence-electron chi connectivity index (χ4n) is 12.1. The lowest BCUT2D eigenvalue weighted by atomic mass is 9.33. The molecule has 1 N–H and O–H groups in total. The summed E-state index contributed by atoms with van der Waals surface area (Å²) in [5, 5.41) is 3.05. The maximum atomic E-state index is 14.6. The van der Waals surface area contributed by atoms with Crippen LogP contribution in [0.1, 0.15) is 140 Å². The number of esters is 1. The van der Waals surface area contributed by atoms with Crippen LogP contribution in [0, 0.1) is 50.2 Å². The predicted octanol–water partition coefficient (Wildman–Crippen LogP) is 8.09. The molecule has 45 heavy (non-hydrogen) atoms. The number of hydrogen-bond acceptors (Lipinski definition) is 4. The van der Waals surface area contributed by atoms with Crippen molar-refractivity contribution in [3.8, 4) is 0 Å². The summed E-state index contributed by atoms with van der Waals surface area (Å²) in [6, 6.07) is 0. The van der Waals surface area contributed by atoms with Gasteiger partial charge < -0.3 is 15.0 Å². The molecule has 0 unspecified atom stereocenters. The molecule has 0 bridgehead atoms. The summed E-state index contributed by atoms with van der Waals surface area (Å²) in [5.74, 6) is 1.19. The van der Waals surface area contributed by atoms with Crippen molar-refractivity contribution in [3.63, 3.8) is 0 Å². The highest BCUT2D eigenvalue weighted by atomic mass is 16.5. The van der Waals surface area contributed by atoms with Crippen molar-refractivity contribution in [1.29, 1.82) is 0 Å². The number of nitrogens with one attached hydrogen (secondary N) is 1. The molecule has 4 fully saturated rings. The first-order valence-electron chi connectivity index (χ1n) is 18.0. The third-order valence-corrected chi connectivity index (χ3v) is 14.6. The largest absolute Gasteiger partial charge is 0.462 e. The number of likely N-dealkylation sites (N-methyl/N-ethyl adjacent to an activating group) is 1. The van der Waals surface area contributed by atoms with Gasteiger partial charge in [-0.1, -0.05) is 60.1 Å². The van der Waals surface area contributed by atoms with E-state index in [0.29, 0.717) is 11.8 Å². The van der Waals surface area contributed by atoms with Crippen LogP contribution in [-0.2, 0) is 19.1 Å². The van der Waals surface area contributed by atoms with Crippen LogP contribution < -0.4 is 5.32 Å². The van der Waals surface area contributed by atoms with Crippen LogP contribution in [-0.4, -0.2) is 47.9 Å². The summed E-state index contributed by atoms with van der Waals surface area (Å²) in [6.07, 6.45) is 12.9. The molecule has 8 atom stereocenters. The van der Waals surface area contributed by atoms with Crippen molar-refractivity contribution in [2.45, 2.75) is 152 Å². The second-order valence-corrected chi connectivity index (χ2v) is 19.3. The third-order valence-electron chi connectivity index (χ3n) is 14.6. The van der Waals surface area contributed by atoms with E-state index in [0.717, 1.165) is 57.8 Å². The van der Waals surface area contributed by atoms with Gasteiger partial charge in [0.1, 0.15) is 6.10 Å². The molecular formula is C39H64N2O4. The van der Waals surface area contributed by atoms with Crippen LogP contribution in [0.15, 0.2) is 11.6 Å². The molecule has 0 aliphatic heterocycles. The van der Waals surface area contributed by atoms with Gasteiger partial charge in [0.2, 0.25) is 11.8 Å². The molecule has 0 saturated heterocycles. The first kappa shape index (κ1) is 34.5. The van der Waals surface area contributed by atoms with Crippen LogP contribution in [0.2, 0.25) is 0 Å². The summed E-state index contributed by atoms with van der Waals surface area (Å²) >= 11 is 0. The van der Waals surface area contributed by atoms with Gasteiger partial charge >= 0.3 is 5.97 Å². The van der Waals surface area contributed by atoms with Gasteiger partial charge in [-0.25, -0.2) is 0 Å². The Morgan fingerprint density at radius 1 is 0.911 bits per heavy atom. The normalized spacial score (nSPS) is 41.6. The Labute approximate surface area is 274 Å². The van der Waals surface area contributed by atoms with Gasteiger partial charge in [0.25, 0.3) is 0 Å². The zero-order valence-electron chi connectivity index (χ0n) is 30.7. The van der Waals surface area contributed by atoms with E-state index in [2.05, 4.69) is 59.9 Å².